The van der Waals surface area contributed by atoms with E-state index < -0.39 is 0 Å². The smallest absolute Gasteiger partial charge is 0.268 e. The Morgan fingerprint density at radius 1 is 1.61 bits per heavy atom. The number of nitrogens with zero attached hydrogens (tertiary/aromatic N) is 1. The Bertz CT molecular complexity index is 413. The van der Waals surface area contributed by atoms with Gasteiger partial charge in [0.25, 0.3) is 5.91 Å². The van der Waals surface area contributed by atoms with Crippen molar-refractivity contribution in [2.75, 3.05) is 13.1 Å². The zero-order valence-corrected chi connectivity index (χ0v) is 13.0. The van der Waals surface area contributed by atoms with Crippen LogP contribution in [0, 0.1) is 0 Å². The maximum Gasteiger partial charge on any atom is 0.268 e. The largest absolute Gasteiger partial charge is 0.347 e. The van der Waals surface area contributed by atoms with E-state index in [4.69, 9.17) is 0 Å². The van der Waals surface area contributed by atoms with Crippen LogP contribution in [-0.4, -0.2) is 29.6 Å². The van der Waals surface area contributed by atoms with Gasteiger partial charge in [0.2, 0.25) is 0 Å². The van der Waals surface area contributed by atoms with E-state index >= 15 is 0 Å². The first-order valence-corrected chi connectivity index (χ1v) is 6.76. The third kappa shape index (κ3) is 3.49. The van der Waals surface area contributed by atoms with Crippen LogP contribution in [0.1, 0.15) is 36.8 Å². The second-order valence-electron chi connectivity index (χ2n) is 4.71. The molecule has 0 spiro atoms. The highest BCUT2D eigenvalue weighted by Crippen LogP contribution is 2.19. The molecule has 0 radical (unpaired) electrons. The second-order valence-corrected chi connectivity index (χ2v) is 5.62. The van der Waals surface area contributed by atoms with Gasteiger partial charge in [-0.2, -0.15) is 0 Å². The van der Waals surface area contributed by atoms with E-state index in [1.807, 2.05) is 16.8 Å². The Hall–Kier alpha value is -0.520. The average molecular weight is 337 g/mol. The maximum atomic E-state index is 12.2. The third-order valence-electron chi connectivity index (χ3n) is 3.00. The van der Waals surface area contributed by atoms with Gasteiger partial charge in [0.1, 0.15) is 5.69 Å². The number of amides is 1. The standard InChI is InChI=1S/C12H18BrN3O.ClH/c1-8(2)16-7-9(13)5-11(16)12(17)15-10-3-4-14-6-10;/h5,7-8,10,14H,3-4,6H2,1-2H3,(H,15,17);1H. The first kappa shape index (κ1) is 15.5. The molecular formula is C12H19BrClN3O. The van der Waals surface area contributed by atoms with Crippen LogP contribution in [0.15, 0.2) is 16.7 Å². The van der Waals surface area contributed by atoms with Gasteiger partial charge in [0.15, 0.2) is 0 Å². The van der Waals surface area contributed by atoms with Crippen molar-refractivity contribution in [3.63, 3.8) is 0 Å². The molecule has 1 amide bonds. The molecule has 2 N–H and O–H groups in total. The van der Waals surface area contributed by atoms with Crippen LogP contribution >= 0.6 is 28.3 Å². The number of rotatable bonds is 3. The molecule has 2 rings (SSSR count). The minimum absolute atomic E-state index is 0. The zero-order chi connectivity index (χ0) is 12.4. The highest BCUT2D eigenvalue weighted by atomic mass is 79.9. The fraction of sp³-hybridized carbons (Fsp3) is 0.583. The molecule has 18 heavy (non-hydrogen) atoms. The summed E-state index contributed by atoms with van der Waals surface area (Å²) in [7, 11) is 0. The van der Waals surface area contributed by atoms with E-state index in [-0.39, 0.29) is 30.4 Å². The van der Waals surface area contributed by atoms with E-state index in [2.05, 4.69) is 40.4 Å². The normalized spacial score (nSPS) is 18.8. The van der Waals surface area contributed by atoms with E-state index in [1.54, 1.807) is 0 Å². The molecule has 102 valence electrons. The van der Waals surface area contributed by atoms with Crippen molar-refractivity contribution in [1.82, 2.24) is 15.2 Å². The van der Waals surface area contributed by atoms with Crippen LogP contribution in [0.4, 0.5) is 0 Å². The lowest BCUT2D eigenvalue weighted by atomic mass is 10.2. The molecule has 1 atom stereocenters. The lowest BCUT2D eigenvalue weighted by molar-refractivity contribution is 0.0929. The Morgan fingerprint density at radius 3 is 2.89 bits per heavy atom. The summed E-state index contributed by atoms with van der Waals surface area (Å²) in [6.45, 7) is 6.00. The van der Waals surface area contributed by atoms with Crippen LogP contribution < -0.4 is 10.6 Å². The molecule has 1 aromatic heterocycles. The van der Waals surface area contributed by atoms with Gasteiger partial charge in [-0.1, -0.05) is 0 Å². The van der Waals surface area contributed by atoms with Gasteiger partial charge in [-0.05, 0) is 48.8 Å². The Balaban J connectivity index is 0.00000162. The minimum Gasteiger partial charge on any atom is -0.347 e. The summed E-state index contributed by atoms with van der Waals surface area (Å²) in [5.41, 5.74) is 0.721. The van der Waals surface area contributed by atoms with Crippen molar-refractivity contribution in [3.05, 3.63) is 22.4 Å². The zero-order valence-electron chi connectivity index (χ0n) is 10.6. The van der Waals surface area contributed by atoms with E-state index in [0.29, 0.717) is 0 Å². The number of halogens is 2. The summed E-state index contributed by atoms with van der Waals surface area (Å²) < 4.78 is 2.93. The van der Waals surface area contributed by atoms with Gasteiger partial charge in [-0.3, -0.25) is 4.79 Å². The van der Waals surface area contributed by atoms with Crippen LogP contribution in [0.5, 0.6) is 0 Å². The summed E-state index contributed by atoms with van der Waals surface area (Å²) in [6.07, 6.45) is 2.96. The maximum absolute atomic E-state index is 12.2. The molecule has 0 aliphatic carbocycles. The predicted octanol–water partition coefficient (Wildman–Crippen LogP) is 2.35. The molecule has 1 aromatic rings. The number of carbonyl (C=O) groups excluding carboxylic acids is 1. The van der Waals surface area contributed by atoms with Crippen LogP contribution in [-0.2, 0) is 0 Å². The number of hydrogen-bond donors (Lipinski definition) is 2. The van der Waals surface area contributed by atoms with Crippen molar-refractivity contribution in [3.8, 4) is 0 Å². The topological polar surface area (TPSA) is 46.1 Å². The van der Waals surface area contributed by atoms with Crippen LogP contribution in [0.25, 0.3) is 0 Å². The predicted molar refractivity (Wildman–Crippen MR) is 78.5 cm³/mol. The molecule has 1 saturated heterocycles. The summed E-state index contributed by atoms with van der Waals surface area (Å²) in [5.74, 6) is 0.0121. The average Bonchev–Trinajstić information content (AvgIpc) is 2.86. The number of hydrogen-bond acceptors (Lipinski definition) is 2. The second kappa shape index (κ2) is 6.59. The molecule has 4 nitrogen and oxygen atoms in total. The molecule has 0 saturated carbocycles. The first-order chi connectivity index (χ1) is 8.08. The molecular weight excluding hydrogens is 318 g/mol. The van der Waals surface area contributed by atoms with Crippen molar-refractivity contribution in [2.24, 2.45) is 0 Å². The fourth-order valence-corrected chi connectivity index (χ4v) is 2.53. The van der Waals surface area contributed by atoms with Gasteiger partial charge in [0, 0.05) is 29.3 Å². The van der Waals surface area contributed by atoms with Crippen molar-refractivity contribution >= 4 is 34.2 Å². The lowest BCUT2D eigenvalue weighted by Crippen LogP contribution is -2.37. The SMILES string of the molecule is CC(C)n1cc(Br)cc1C(=O)NC1CCNC1.Cl. The summed E-state index contributed by atoms with van der Waals surface area (Å²) >= 11 is 3.42. The van der Waals surface area contributed by atoms with Gasteiger partial charge >= 0.3 is 0 Å². The molecule has 1 unspecified atom stereocenters. The summed E-state index contributed by atoms with van der Waals surface area (Å²) in [4.78, 5) is 12.2. The molecule has 0 bridgehead atoms. The number of aromatic nitrogens is 1. The molecule has 1 aliphatic rings. The highest BCUT2D eigenvalue weighted by molar-refractivity contribution is 9.10. The first-order valence-electron chi connectivity index (χ1n) is 5.97. The van der Waals surface area contributed by atoms with Gasteiger partial charge in [-0.25, -0.2) is 0 Å². The van der Waals surface area contributed by atoms with Gasteiger partial charge in [-0.15, -0.1) is 12.4 Å². The molecule has 0 aromatic carbocycles. The Labute approximate surface area is 122 Å². The number of carbonyl (C=O) groups is 1. The van der Waals surface area contributed by atoms with Gasteiger partial charge in [0.05, 0.1) is 0 Å². The molecule has 1 fully saturated rings. The monoisotopic (exact) mass is 335 g/mol. The van der Waals surface area contributed by atoms with E-state index in [0.717, 1.165) is 29.7 Å². The van der Waals surface area contributed by atoms with Crippen LogP contribution in [0.2, 0.25) is 0 Å². The van der Waals surface area contributed by atoms with E-state index in [1.165, 1.54) is 0 Å². The molecule has 1 aliphatic heterocycles. The third-order valence-corrected chi connectivity index (χ3v) is 3.43. The van der Waals surface area contributed by atoms with E-state index in [9.17, 15) is 4.79 Å². The molecule has 6 heteroatoms. The van der Waals surface area contributed by atoms with Crippen molar-refractivity contribution in [2.45, 2.75) is 32.4 Å². The van der Waals surface area contributed by atoms with Crippen LogP contribution in [0.3, 0.4) is 0 Å². The summed E-state index contributed by atoms with van der Waals surface area (Å²) in [6, 6.07) is 2.41. The fourth-order valence-electron chi connectivity index (χ4n) is 2.09. The quantitative estimate of drug-likeness (QED) is 0.890. The Kier molecular flexibility index (Phi) is 5.69. The van der Waals surface area contributed by atoms with Crippen molar-refractivity contribution in [1.29, 1.82) is 0 Å². The number of nitrogens with one attached hydrogen (secondary N) is 2. The minimum atomic E-state index is 0. The lowest BCUT2D eigenvalue weighted by Gasteiger charge is -2.15. The molecule has 2 heterocycles. The summed E-state index contributed by atoms with van der Waals surface area (Å²) in [5, 5.41) is 6.30. The Morgan fingerprint density at radius 2 is 2.33 bits per heavy atom. The van der Waals surface area contributed by atoms with Gasteiger partial charge < -0.3 is 15.2 Å². The highest BCUT2D eigenvalue weighted by Gasteiger charge is 2.20. The van der Waals surface area contributed by atoms with Crippen molar-refractivity contribution < 1.29 is 4.79 Å².